The summed E-state index contributed by atoms with van der Waals surface area (Å²) in [6.07, 6.45) is 2.16. The number of hydrogen-bond donors (Lipinski definition) is 0. The van der Waals surface area contributed by atoms with Crippen molar-refractivity contribution in [2.24, 2.45) is 11.8 Å². The molecule has 0 amide bonds. The maximum Gasteiger partial charge on any atom is 0.339 e. The summed E-state index contributed by atoms with van der Waals surface area (Å²) < 4.78 is 0. The van der Waals surface area contributed by atoms with Crippen LogP contribution in [0.15, 0.2) is 24.3 Å². The summed E-state index contributed by atoms with van der Waals surface area (Å²) in [7, 11) is 0. The molecular formula is C16H22O3. The lowest BCUT2D eigenvalue weighted by atomic mass is 9.70. The Bertz CT molecular complexity index is 439. The predicted octanol–water partition coefficient (Wildman–Crippen LogP) is 3.48. The number of hydrogen-bond acceptors (Lipinski definition) is 3. The molecule has 1 aromatic carbocycles. The van der Waals surface area contributed by atoms with Gasteiger partial charge in [-0.2, -0.15) is 4.89 Å². The summed E-state index contributed by atoms with van der Waals surface area (Å²) >= 11 is 0. The van der Waals surface area contributed by atoms with Gasteiger partial charge in [0.15, 0.2) is 0 Å². The van der Waals surface area contributed by atoms with Crippen LogP contribution in [0.25, 0.3) is 0 Å². The molecule has 0 aliphatic heterocycles. The summed E-state index contributed by atoms with van der Waals surface area (Å²) in [4.78, 5) is 20.5. The Hall–Kier alpha value is -1.35. The normalized spacial score (nSPS) is 22.1. The molecule has 0 heterocycles. The highest BCUT2D eigenvalue weighted by atomic mass is 17.2. The SMILES string of the molecule is CC(=O)OOCC1CCc2ccccc2C1C(C)C. The van der Waals surface area contributed by atoms with E-state index in [4.69, 9.17) is 4.89 Å². The zero-order valence-corrected chi connectivity index (χ0v) is 11.9. The molecule has 3 heteroatoms. The van der Waals surface area contributed by atoms with E-state index in [9.17, 15) is 4.79 Å². The molecule has 1 aliphatic carbocycles. The molecule has 0 saturated heterocycles. The number of benzene rings is 1. The lowest BCUT2D eigenvalue weighted by molar-refractivity contribution is -0.277. The summed E-state index contributed by atoms with van der Waals surface area (Å²) in [5.41, 5.74) is 2.88. The van der Waals surface area contributed by atoms with Gasteiger partial charge in [-0.15, -0.1) is 0 Å². The lowest BCUT2D eigenvalue weighted by Crippen LogP contribution is -2.28. The van der Waals surface area contributed by atoms with Gasteiger partial charge in [-0.1, -0.05) is 38.1 Å². The Kier molecular flexibility index (Phi) is 4.59. The first kappa shape index (κ1) is 14.1. The zero-order valence-electron chi connectivity index (χ0n) is 11.9. The minimum atomic E-state index is -0.391. The third kappa shape index (κ3) is 3.35. The molecule has 0 spiro atoms. The Morgan fingerprint density at radius 3 is 2.79 bits per heavy atom. The minimum Gasteiger partial charge on any atom is -0.299 e. The molecular weight excluding hydrogens is 240 g/mol. The number of carbonyl (C=O) groups is 1. The molecule has 2 atom stereocenters. The van der Waals surface area contributed by atoms with Crippen LogP contribution >= 0.6 is 0 Å². The van der Waals surface area contributed by atoms with Crippen molar-refractivity contribution in [3.05, 3.63) is 35.4 Å². The Morgan fingerprint density at radius 1 is 1.37 bits per heavy atom. The van der Waals surface area contributed by atoms with Crippen LogP contribution in [0.4, 0.5) is 0 Å². The fourth-order valence-electron chi connectivity index (χ4n) is 3.16. The van der Waals surface area contributed by atoms with E-state index in [0.29, 0.717) is 24.4 Å². The Morgan fingerprint density at radius 2 is 2.11 bits per heavy atom. The first-order valence-corrected chi connectivity index (χ1v) is 6.97. The summed E-state index contributed by atoms with van der Waals surface area (Å²) in [5, 5.41) is 0. The van der Waals surface area contributed by atoms with E-state index in [1.165, 1.54) is 18.1 Å². The van der Waals surface area contributed by atoms with Crippen LogP contribution in [0.1, 0.15) is 44.2 Å². The smallest absolute Gasteiger partial charge is 0.299 e. The second-order valence-electron chi connectivity index (χ2n) is 5.63. The van der Waals surface area contributed by atoms with E-state index in [1.54, 1.807) is 0 Å². The van der Waals surface area contributed by atoms with Crippen molar-refractivity contribution in [1.82, 2.24) is 0 Å². The van der Waals surface area contributed by atoms with Gasteiger partial charge in [0.05, 0.1) is 6.61 Å². The fraction of sp³-hybridized carbons (Fsp3) is 0.562. The van der Waals surface area contributed by atoms with Crippen LogP contribution in [0.2, 0.25) is 0 Å². The maximum atomic E-state index is 10.8. The van der Waals surface area contributed by atoms with E-state index in [0.717, 1.165) is 12.8 Å². The first-order chi connectivity index (χ1) is 9.09. The summed E-state index contributed by atoms with van der Waals surface area (Å²) in [5.74, 6) is 1.04. The van der Waals surface area contributed by atoms with Gasteiger partial charge in [0.25, 0.3) is 0 Å². The second-order valence-corrected chi connectivity index (χ2v) is 5.63. The van der Waals surface area contributed by atoms with Crippen LogP contribution in [0.3, 0.4) is 0 Å². The van der Waals surface area contributed by atoms with Gasteiger partial charge in [-0.3, -0.25) is 4.89 Å². The maximum absolute atomic E-state index is 10.8. The quantitative estimate of drug-likeness (QED) is 0.615. The minimum absolute atomic E-state index is 0.391. The molecule has 0 aromatic heterocycles. The fourth-order valence-corrected chi connectivity index (χ4v) is 3.16. The number of rotatable bonds is 4. The largest absolute Gasteiger partial charge is 0.339 e. The highest BCUT2D eigenvalue weighted by molar-refractivity contribution is 5.65. The van der Waals surface area contributed by atoms with Crippen LogP contribution in [-0.4, -0.2) is 12.6 Å². The van der Waals surface area contributed by atoms with Gasteiger partial charge in [-0.25, -0.2) is 4.79 Å². The van der Waals surface area contributed by atoms with E-state index in [2.05, 4.69) is 43.0 Å². The molecule has 3 nitrogen and oxygen atoms in total. The average molecular weight is 262 g/mol. The van der Waals surface area contributed by atoms with Crippen LogP contribution in [0.5, 0.6) is 0 Å². The monoisotopic (exact) mass is 262 g/mol. The molecule has 2 rings (SSSR count). The molecule has 0 radical (unpaired) electrons. The highest BCUT2D eigenvalue weighted by Crippen LogP contribution is 2.41. The van der Waals surface area contributed by atoms with Gasteiger partial charge >= 0.3 is 5.97 Å². The molecule has 0 saturated carbocycles. The van der Waals surface area contributed by atoms with Crippen molar-refractivity contribution < 1.29 is 14.6 Å². The molecule has 0 N–H and O–H groups in total. The van der Waals surface area contributed by atoms with Gasteiger partial charge < -0.3 is 0 Å². The number of aryl methyl sites for hydroxylation is 1. The van der Waals surface area contributed by atoms with Crippen LogP contribution in [-0.2, 0) is 21.0 Å². The third-order valence-electron chi connectivity index (χ3n) is 3.88. The van der Waals surface area contributed by atoms with Crippen LogP contribution in [0, 0.1) is 11.8 Å². The molecule has 2 unspecified atom stereocenters. The van der Waals surface area contributed by atoms with E-state index < -0.39 is 5.97 Å². The van der Waals surface area contributed by atoms with Gasteiger partial charge in [-0.05, 0) is 41.7 Å². The Balaban J connectivity index is 2.11. The van der Waals surface area contributed by atoms with Crippen molar-refractivity contribution in [2.75, 3.05) is 6.61 Å². The second kappa shape index (κ2) is 6.20. The first-order valence-electron chi connectivity index (χ1n) is 6.97. The predicted molar refractivity (Wildman–Crippen MR) is 73.6 cm³/mol. The molecule has 1 aliphatic rings. The van der Waals surface area contributed by atoms with Crippen molar-refractivity contribution in [1.29, 1.82) is 0 Å². The average Bonchev–Trinajstić information content (AvgIpc) is 2.37. The Labute approximate surface area is 114 Å². The standard InChI is InChI=1S/C16H22O3/c1-11(2)16-14(10-18-19-12(3)17)9-8-13-6-4-5-7-15(13)16/h4-7,11,14,16H,8-10H2,1-3H3. The van der Waals surface area contributed by atoms with Crippen molar-refractivity contribution in [3.63, 3.8) is 0 Å². The molecule has 0 fully saturated rings. The molecule has 19 heavy (non-hydrogen) atoms. The molecule has 0 bridgehead atoms. The van der Waals surface area contributed by atoms with E-state index >= 15 is 0 Å². The summed E-state index contributed by atoms with van der Waals surface area (Å²) in [6, 6.07) is 8.64. The molecule has 104 valence electrons. The third-order valence-corrected chi connectivity index (χ3v) is 3.88. The van der Waals surface area contributed by atoms with Crippen molar-refractivity contribution in [3.8, 4) is 0 Å². The highest BCUT2D eigenvalue weighted by Gasteiger charge is 2.32. The van der Waals surface area contributed by atoms with E-state index in [1.807, 2.05) is 0 Å². The summed E-state index contributed by atoms with van der Waals surface area (Å²) in [6.45, 7) is 6.32. The van der Waals surface area contributed by atoms with Gasteiger partial charge in [0.2, 0.25) is 0 Å². The van der Waals surface area contributed by atoms with E-state index in [-0.39, 0.29) is 0 Å². The van der Waals surface area contributed by atoms with Gasteiger partial charge in [0.1, 0.15) is 0 Å². The lowest BCUT2D eigenvalue weighted by Gasteiger charge is -2.35. The van der Waals surface area contributed by atoms with Gasteiger partial charge in [0, 0.05) is 6.92 Å². The number of fused-ring (bicyclic) bond motifs is 1. The molecule has 1 aromatic rings. The van der Waals surface area contributed by atoms with Crippen molar-refractivity contribution in [2.45, 2.75) is 39.5 Å². The van der Waals surface area contributed by atoms with Crippen LogP contribution < -0.4 is 0 Å². The number of carbonyl (C=O) groups excluding carboxylic acids is 1. The van der Waals surface area contributed by atoms with Crippen molar-refractivity contribution >= 4 is 5.97 Å². The topological polar surface area (TPSA) is 35.5 Å². The zero-order chi connectivity index (χ0) is 13.8.